The fraction of sp³-hybridized carbons (Fsp3) is 0.438. The maximum Gasteiger partial charge on any atom is 0.246 e. The van der Waals surface area contributed by atoms with Crippen LogP contribution in [0.25, 0.3) is 0 Å². The van der Waals surface area contributed by atoms with Crippen LogP contribution in [0.4, 0.5) is 5.69 Å². The van der Waals surface area contributed by atoms with Gasteiger partial charge in [-0.3, -0.25) is 4.79 Å². The van der Waals surface area contributed by atoms with Crippen molar-refractivity contribution in [2.45, 2.75) is 20.8 Å². The summed E-state index contributed by atoms with van der Waals surface area (Å²) in [5.41, 5.74) is 3.44. The SMILES string of the molecule is CC(C)=CC(=O)N1CCN(c2cc(Cl)ccc2C)CC1. The molecule has 1 aromatic rings. The van der Waals surface area contributed by atoms with Crippen molar-refractivity contribution in [1.82, 2.24) is 4.90 Å². The van der Waals surface area contributed by atoms with Crippen LogP contribution in [0.5, 0.6) is 0 Å². The van der Waals surface area contributed by atoms with Crippen LogP contribution in [-0.2, 0) is 4.79 Å². The summed E-state index contributed by atoms with van der Waals surface area (Å²) in [4.78, 5) is 16.2. The van der Waals surface area contributed by atoms with E-state index in [0.29, 0.717) is 0 Å². The van der Waals surface area contributed by atoms with Crippen LogP contribution in [0, 0.1) is 6.92 Å². The molecule has 1 aliphatic rings. The minimum absolute atomic E-state index is 0.118. The lowest BCUT2D eigenvalue weighted by atomic mass is 10.1. The third-order valence-electron chi connectivity index (χ3n) is 3.52. The molecular weight excluding hydrogens is 272 g/mol. The molecule has 1 fully saturated rings. The molecule has 0 bridgehead atoms. The molecule has 0 spiro atoms. The lowest BCUT2D eigenvalue weighted by Crippen LogP contribution is -2.48. The molecule has 0 aromatic heterocycles. The Balaban J connectivity index is 2.03. The molecule has 2 rings (SSSR count). The van der Waals surface area contributed by atoms with Crippen molar-refractivity contribution in [3.05, 3.63) is 40.4 Å². The van der Waals surface area contributed by atoms with Crippen molar-refractivity contribution in [1.29, 1.82) is 0 Å². The number of hydrogen-bond donors (Lipinski definition) is 0. The van der Waals surface area contributed by atoms with Crippen molar-refractivity contribution in [2.75, 3.05) is 31.1 Å². The highest BCUT2D eigenvalue weighted by Gasteiger charge is 2.20. The molecule has 3 nitrogen and oxygen atoms in total. The Morgan fingerprint density at radius 2 is 1.85 bits per heavy atom. The number of halogens is 1. The molecule has 1 saturated heterocycles. The zero-order valence-corrected chi connectivity index (χ0v) is 13.1. The van der Waals surface area contributed by atoms with Crippen LogP contribution in [0.2, 0.25) is 5.02 Å². The standard InChI is InChI=1S/C16H21ClN2O/c1-12(2)10-16(20)19-8-6-18(7-9-19)15-11-14(17)5-4-13(15)3/h4-5,10-11H,6-9H2,1-3H3. The predicted molar refractivity (Wildman–Crippen MR) is 84.4 cm³/mol. The summed E-state index contributed by atoms with van der Waals surface area (Å²) in [5.74, 6) is 0.118. The lowest BCUT2D eigenvalue weighted by Gasteiger charge is -2.36. The smallest absolute Gasteiger partial charge is 0.246 e. The molecule has 0 aliphatic carbocycles. The Bertz CT molecular complexity index is 527. The van der Waals surface area contributed by atoms with E-state index in [4.69, 9.17) is 11.6 Å². The normalized spacial score (nSPS) is 15.2. The Morgan fingerprint density at radius 1 is 1.20 bits per heavy atom. The number of piperazine rings is 1. The maximum atomic E-state index is 12.0. The van der Waals surface area contributed by atoms with Crippen LogP contribution in [0.3, 0.4) is 0 Å². The van der Waals surface area contributed by atoms with E-state index in [1.807, 2.05) is 36.9 Å². The minimum Gasteiger partial charge on any atom is -0.368 e. The first-order chi connectivity index (χ1) is 9.47. The average molecular weight is 293 g/mol. The van der Waals surface area contributed by atoms with E-state index < -0.39 is 0 Å². The topological polar surface area (TPSA) is 23.6 Å². The van der Waals surface area contributed by atoms with Gasteiger partial charge in [0.05, 0.1) is 0 Å². The van der Waals surface area contributed by atoms with Crippen molar-refractivity contribution in [3.8, 4) is 0 Å². The van der Waals surface area contributed by atoms with Crippen LogP contribution in [0.1, 0.15) is 19.4 Å². The molecule has 108 valence electrons. The highest BCUT2D eigenvalue weighted by Crippen LogP contribution is 2.25. The Morgan fingerprint density at radius 3 is 2.45 bits per heavy atom. The van der Waals surface area contributed by atoms with E-state index in [1.54, 1.807) is 6.08 Å². The number of nitrogens with zero attached hydrogens (tertiary/aromatic N) is 2. The Kier molecular flexibility index (Phi) is 4.71. The van der Waals surface area contributed by atoms with Crippen molar-refractivity contribution in [3.63, 3.8) is 0 Å². The second kappa shape index (κ2) is 6.31. The fourth-order valence-corrected chi connectivity index (χ4v) is 2.60. The molecule has 1 heterocycles. The highest BCUT2D eigenvalue weighted by atomic mass is 35.5. The maximum absolute atomic E-state index is 12.0. The number of aryl methyl sites for hydroxylation is 1. The third kappa shape index (κ3) is 3.54. The first-order valence-electron chi connectivity index (χ1n) is 6.92. The Labute approximate surface area is 125 Å². The summed E-state index contributed by atoms with van der Waals surface area (Å²) >= 11 is 6.07. The molecule has 4 heteroatoms. The summed E-state index contributed by atoms with van der Waals surface area (Å²) in [5, 5.41) is 0.758. The molecule has 20 heavy (non-hydrogen) atoms. The average Bonchev–Trinajstić information content (AvgIpc) is 2.41. The van der Waals surface area contributed by atoms with Crippen molar-refractivity contribution in [2.24, 2.45) is 0 Å². The van der Waals surface area contributed by atoms with Gasteiger partial charge in [0.2, 0.25) is 5.91 Å². The largest absolute Gasteiger partial charge is 0.368 e. The summed E-state index contributed by atoms with van der Waals surface area (Å²) in [6.07, 6.45) is 1.71. The van der Waals surface area contributed by atoms with Crippen LogP contribution < -0.4 is 4.90 Å². The van der Waals surface area contributed by atoms with Gasteiger partial charge in [-0.05, 0) is 38.5 Å². The van der Waals surface area contributed by atoms with Crippen LogP contribution in [-0.4, -0.2) is 37.0 Å². The molecular formula is C16H21ClN2O. The second-order valence-corrected chi connectivity index (χ2v) is 5.90. The first-order valence-corrected chi connectivity index (χ1v) is 7.30. The number of amides is 1. The number of rotatable bonds is 2. The highest BCUT2D eigenvalue weighted by molar-refractivity contribution is 6.30. The van der Waals surface area contributed by atoms with Crippen LogP contribution >= 0.6 is 11.6 Å². The van der Waals surface area contributed by atoms with Gasteiger partial charge in [-0.25, -0.2) is 0 Å². The summed E-state index contributed by atoms with van der Waals surface area (Å²) in [7, 11) is 0. The lowest BCUT2D eigenvalue weighted by molar-refractivity contribution is -0.126. The van der Waals surface area contributed by atoms with Crippen molar-refractivity contribution < 1.29 is 4.79 Å². The van der Waals surface area contributed by atoms with Gasteiger partial charge in [0, 0.05) is 43.0 Å². The summed E-state index contributed by atoms with van der Waals surface area (Å²) < 4.78 is 0. The zero-order chi connectivity index (χ0) is 14.7. The molecule has 0 unspecified atom stereocenters. The van der Waals surface area contributed by atoms with E-state index in [0.717, 1.165) is 36.8 Å². The van der Waals surface area contributed by atoms with E-state index >= 15 is 0 Å². The molecule has 0 atom stereocenters. The monoisotopic (exact) mass is 292 g/mol. The summed E-state index contributed by atoms with van der Waals surface area (Å²) in [6.45, 7) is 9.20. The molecule has 0 N–H and O–H groups in total. The Hall–Kier alpha value is -1.48. The van der Waals surface area contributed by atoms with Gasteiger partial charge in [-0.15, -0.1) is 0 Å². The van der Waals surface area contributed by atoms with Crippen LogP contribution in [0.15, 0.2) is 29.8 Å². The van der Waals surface area contributed by atoms with E-state index in [2.05, 4.69) is 11.8 Å². The van der Waals surface area contributed by atoms with Gasteiger partial charge in [0.1, 0.15) is 0 Å². The van der Waals surface area contributed by atoms with E-state index in [-0.39, 0.29) is 5.91 Å². The van der Waals surface area contributed by atoms with E-state index in [1.165, 1.54) is 11.3 Å². The number of hydrogen-bond acceptors (Lipinski definition) is 2. The number of allylic oxidation sites excluding steroid dienone is 1. The van der Waals surface area contributed by atoms with Gasteiger partial charge in [0.25, 0.3) is 0 Å². The zero-order valence-electron chi connectivity index (χ0n) is 12.3. The van der Waals surface area contributed by atoms with Crippen molar-refractivity contribution >= 4 is 23.2 Å². The number of benzene rings is 1. The third-order valence-corrected chi connectivity index (χ3v) is 3.75. The fourth-order valence-electron chi connectivity index (χ4n) is 2.43. The number of carbonyl (C=O) groups is 1. The van der Waals surface area contributed by atoms with Gasteiger partial charge in [0.15, 0.2) is 0 Å². The van der Waals surface area contributed by atoms with Gasteiger partial charge in [-0.2, -0.15) is 0 Å². The molecule has 1 aliphatic heterocycles. The van der Waals surface area contributed by atoms with Gasteiger partial charge >= 0.3 is 0 Å². The van der Waals surface area contributed by atoms with Gasteiger partial charge in [-0.1, -0.05) is 23.2 Å². The summed E-state index contributed by atoms with van der Waals surface area (Å²) in [6, 6.07) is 5.96. The number of carbonyl (C=O) groups excluding carboxylic acids is 1. The molecule has 0 radical (unpaired) electrons. The quantitative estimate of drug-likeness (QED) is 0.781. The number of anilines is 1. The molecule has 0 saturated carbocycles. The molecule has 1 amide bonds. The van der Waals surface area contributed by atoms with E-state index in [9.17, 15) is 4.79 Å². The minimum atomic E-state index is 0.118. The second-order valence-electron chi connectivity index (χ2n) is 5.46. The first kappa shape index (κ1) is 14.9. The van der Waals surface area contributed by atoms with Gasteiger partial charge < -0.3 is 9.80 Å². The predicted octanol–water partition coefficient (Wildman–Crippen LogP) is 3.26. The molecule has 1 aromatic carbocycles.